The zero-order chi connectivity index (χ0) is 26.7. The number of aliphatic hydroxyl groups is 1. The van der Waals surface area contributed by atoms with Gasteiger partial charge in [-0.15, -0.1) is 13.2 Å². The third-order valence-electron chi connectivity index (χ3n) is 7.75. The molecule has 3 saturated heterocycles. The Morgan fingerprint density at radius 3 is 2.68 bits per heavy atom. The highest BCUT2D eigenvalue weighted by Crippen LogP contribution is 2.60. The third-order valence-corrected chi connectivity index (χ3v) is 8.60. The number of alkyl halides is 1. The van der Waals surface area contributed by atoms with E-state index in [4.69, 9.17) is 9.47 Å². The summed E-state index contributed by atoms with van der Waals surface area (Å²) in [6.45, 7) is 9.80. The average Bonchev–Trinajstić information content (AvgIpc) is 3.49. The van der Waals surface area contributed by atoms with Gasteiger partial charge in [-0.1, -0.05) is 65.3 Å². The highest BCUT2D eigenvalue weighted by atomic mass is 79.9. The van der Waals surface area contributed by atoms with Crippen molar-refractivity contribution in [3.05, 3.63) is 61.2 Å². The summed E-state index contributed by atoms with van der Waals surface area (Å²) in [5.41, 5.74) is -0.260. The fourth-order valence-corrected chi connectivity index (χ4v) is 7.07. The van der Waals surface area contributed by atoms with E-state index in [1.807, 2.05) is 37.3 Å². The minimum atomic E-state index is -1.20. The van der Waals surface area contributed by atoms with Crippen LogP contribution in [0.25, 0.3) is 0 Å². The molecule has 8 nitrogen and oxygen atoms in total. The quantitative estimate of drug-likeness (QED) is 0.178. The SMILES string of the molecule is C=CCCOC(=O)[C@H]1[C@H]2C(=O)N([C@@H](CC)CO)C(C(=O)N(CC=C)Cc3ccccc3)C23CC(Br)[C@@H]1O3. The molecule has 4 rings (SSSR count). The molecule has 1 spiro atoms. The molecule has 1 aromatic carbocycles. The Morgan fingerprint density at radius 2 is 2.05 bits per heavy atom. The number of amides is 2. The second-order valence-electron chi connectivity index (χ2n) is 9.89. The molecule has 37 heavy (non-hydrogen) atoms. The zero-order valence-electron chi connectivity index (χ0n) is 21.1. The molecule has 3 heterocycles. The van der Waals surface area contributed by atoms with Crippen LogP contribution in [-0.4, -0.2) is 81.1 Å². The summed E-state index contributed by atoms with van der Waals surface area (Å²) in [6, 6.07) is 8.03. The second kappa shape index (κ2) is 11.5. The molecule has 3 unspecified atom stereocenters. The topological polar surface area (TPSA) is 96.4 Å². The van der Waals surface area contributed by atoms with Crippen LogP contribution in [0.5, 0.6) is 0 Å². The summed E-state index contributed by atoms with van der Waals surface area (Å²) in [7, 11) is 0. The predicted molar refractivity (Wildman–Crippen MR) is 142 cm³/mol. The molecule has 1 N–H and O–H groups in total. The maximum absolute atomic E-state index is 14.3. The number of halogens is 1. The summed E-state index contributed by atoms with van der Waals surface area (Å²) >= 11 is 3.66. The van der Waals surface area contributed by atoms with Crippen LogP contribution in [0.1, 0.15) is 31.7 Å². The molecule has 9 heteroatoms. The molecular weight excluding hydrogens is 540 g/mol. The minimum absolute atomic E-state index is 0.164. The van der Waals surface area contributed by atoms with Crippen molar-refractivity contribution in [2.24, 2.45) is 11.8 Å². The maximum atomic E-state index is 14.3. The summed E-state index contributed by atoms with van der Waals surface area (Å²) in [4.78, 5) is 44.5. The van der Waals surface area contributed by atoms with Crippen molar-refractivity contribution in [1.29, 1.82) is 0 Å². The summed E-state index contributed by atoms with van der Waals surface area (Å²) in [5, 5.41) is 10.2. The van der Waals surface area contributed by atoms with Crippen LogP contribution in [0.15, 0.2) is 55.6 Å². The molecule has 3 fully saturated rings. The first-order chi connectivity index (χ1) is 17.8. The Bertz CT molecular complexity index is 1030. The van der Waals surface area contributed by atoms with Crippen LogP contribution < -0.4 is 0 Å². The van der Waals surface area contributed by atoms with E-state index >= 15 is 0 Å². The van der Waals surface area contributed by atoms with Crippen molar-refractivity contribution in [3.63, 3.8) is 0 Å². The van der Waals surface area contributed by atoms with Gasteiger partial charge in [-0.2, -0.15) is 0 Å². The number of fused-ring (bicyclic) bond motifs is 1. The maximum Gasteiger partial charge on any atom is 0.312 e. The van der Waals surface area contributed by atoms with Gasteiger partial charge in [0.05, 0.1) is 37.2 Å². The average molecular weight is 576 g/mol. The van der Waals surface area contributed by atoms with Crippen molar-refractivity contribution in [2.75, 3.05) is 19.8 Å². The van der Waals surface area contributed by atoms with E-state index < -0.39 is 41.6 Å². The van der Waals surface area contributed by atoms with Crippen LogP contribution >= 0.6 is 15.9 Å². The Balaban J connectivity index is 1.74. The Morgan fingerprint density at radius 1 is 1.32 bits per heavy atom. The lowest BCUT2D eigenvalue weighted by Gasteiger charge is -2.39. The number of rotatable bonds is 12. The molecule has 200 valence electrons. The van der Waals surface area contributed by atoms with Crippen molar-refractivity contribution in [3.8, 4) is 0 Å². The van der Waals surface area contributed by atoms with Crippen molar-refractivity contribution < 1.29 is 29.0 Å². The minimum Gasteiger partial charge on any atom is -0.465 e. The molecule has 0 saturated carbocycles. The number of carbonyl (C=O) groups excluding carboxylic acids is 3. The molecule has 1 aromatic rings. The first-order valence-corrected chi connectivity index (χ1v) is 13.7. The molecule has 2 amide bonds. The Hall–Kier alpha value is -2.49. The molecule has 7 atom stereocenters. The molecule has 0 aromatic heterocycles. The number of esters is 1. The van der Waals surface area contributed by atoms with E-state index in [9.17, 15) is 19.5 Å². The number of benzene rings is 1. The Labute approximate surface area is 226 Å². The lowest BCUT2D eigenvalue weighted by molar-refractivity contribution is -0.156. The predicted octanol–water partition coefficient (Wildman–Crippen LogP) is 2.84. The van der Waals surface area contributed by atoms with Gasteiger partial charge in [0.1, 0.15) is 11.6 Å². The van der Waals surface area contributed by atoms with E-state index in [0.717, 1.165) is 5.56 Å². The fraction of sp³-hybridized carbons (Fsp3) is 0.536. The van der Waals surface area contributed by atoms with Crippen LogP contribution in [0.2, 0.25) is 0 Å². The van der Waals surface area contributed by atoms with Gasteiger partial charge >= 0.3 is 5.97 Å². The van der Waals surface area contributed by atoms with Gasteiger partial charge in [0.2, 0.25) is 11.8 Å². The van der Waals surface area contributed by atoms with Gasteiger partial charge in [-0.05, 0) is 24.8 Å². The lowest BCUT2D eigenvalue weighted by atomic mass is 9.70. The standard InChI is InChI=1S/C28H35BrN2O6/c1-4-7-14-36-27(35)21-22-25(33)31(19(6-3)17-32)24(28(22)15-20(29)23(21)37-28)26(34)30(13-5-2)16-18-11-9-8-10-12-18/h4-5,8-12,19-24,32H,1-2,6-7,13-17H2,3H3/t19-,20?,21-,22-,23-,24?,28?/m0/s1. The molecule has 3 aliphatic heterocycles. The molecule has 0 radical (unpaired) electrons. The van der Waals surface area contributed by atoms with Crippen LogP contribution in [0.4, 0.5) is 0 Å². The van der Waals surface area contributed by atoms with Crippen LogP contribution in [-0.2, 0) is 30.4 Å². The highest BCUT2D eigenvalue weighted by molar-refractivity contribution is 9.09. The van der Waals surface area contributed by atoms with E-state index in [0.29, 0.717) is 25.8 Å². The number of nitrogens with zero attached hydrogens (tertiary/aromatic N) is 2. The highest BCUT2D eigenvalue weighted by Gasteiger charge is 2.77. The number of carbonyl (C=O) groups is 3. The number of hydrogen-bond donors (Lipinski definition) is 1. The first kappa shape index (κ1) is 27.5. The van der Waals surface area contributed by atoms with E-state index in [1.54, 1.807) is 17.1 Å². The lowest BCUT2D eigenvalue weighted by Crippen LogP contribution is -2.58. The summed E-state index contributed by atoms with van der Waals surface area (Å²) in [5.74, 6) is -2.83. The van der Waals surface area contributed by atoms with E-state index in [-0.39, 0.29) is 36.4 Å². The number of likely N-dealkylation sites (tertiary alicyclic amines) is 1. The zero-order valence-corrected chi connectivity index (χ0v) is 22.7. The second-order valence-corrected chi connectivity index (χ2v) is 11.1. The van der Waals surface area contributed by atoms with Gasteiger partial charge in [-0.25, -0.2) is 0 Å². The van der Waals surface area contributed by atoms with Gasteiger partial charge in [-0.3, -0.25) is 14.4 Å². The summed E-state index contributed by atoms with van der Waals surface area (Å²) < 4.78 is 12.0. The van der Waals surface area contributed by atoms with Gasteiger partial charge < -0.3 is 24.4 Å². The van der Waals surface area contributed by atoms with E-state index in [2.05, 4.69) is 29.1 Å². The van der Waals surface area contributed by atoms with Gasteiger partial charge in [0, 0.05) is 17.9 Å². The smallest absolute Gasteiger partial charge is 0.312 e. The molecule has 2 bridgehead atoms. The largest absolute Gasteiger partial charge is 0.465 e. The monoisotopic (exact) mass is 574 g/mol. The van der Waals surface area contributed by atoms with Crippen molar-refractivity contribution >= 4 is 33.7 Å². The van der Waals surface area contributed by atoms with Crippen molar-refractivity contribution in [1.82, 2.24) is 9.80 Å². The number of ether oxygens (including phenoxy) is 2. The van der Waals surface area contributed by atoms with Crippen LogP contribution in [0.3, 0.4) is 0 Å². The number of hydrogen-bond acceptors (Lipinski definition) is 6. The van der Waals surface area contributed by atoms with Crippen molar-refractivity contribution in [2.45, 2.75) is 61.3 Å². The third kappa shape index (κ3) is 4.77. The first-order valence-electron chi connectivity index (χ1n) is 12.8. The van der Waals surface area contributed by atoms with Gasteiger partial charge in [0.15, 0.2) is 0 Å². The van der Waals surface area contributed by atoms with Crippen LogP contribution in [0, 0.1) is 11.8 Å². The van der Waals surface area contributed by atoms with Gasteiger partial charge in [0.25, 0.3) is 0 Å². The molecular formula is C28H35BrN2O6. The molecule has 3 aliphatic rings. The number of aliphatic hydroxyl groups excluding tert-OH is 1. The Kier molecular flexibility index (Phi) is 8.56. The molecule has 0 aliphatic carbocycles. The normalized spacial score (nSPS) is 30.6. The van der Waals surface area contributed by atoms with E-state index in [1.165, 1.54) is 4.90 Å². The summed E-state index contributed by atoms with van der Waals surface area (Å²) in [6.07, 6.45) is 4.07. The fourth-order valence-electron chi connectivity index (χ4n) is 6.13.